The maximum Gasteiger partial charge on any atom is 0.247 e. The molecule has 1 aliphatic heterocycles. The van der Waals surface area contributed by atoms with Gasteiger partial charge in [0.15, 0.2) is 0 Å². The highest BCUT2D eigenvalue weighted by molar-refractivity contribution is 6.30. The van der Waals surface area contributed by atoms with Crippen LogP contribution in [0.1, 0.15) is 18.1 Å². The van der Waals surface area contributed by atoms with E-state index in [0.29, 0.717) is 17.1 Å². The van der Waals surface area contributed by atoms with Crippen LogP contribution in [-0.4, -0.2) is 24.9 Å². The van der Waals surface area contributed by atoms with Crippen molar-refractivity contribution < 1.29 is 9.59 Å². The van der Waals surface area contributed by atoms with Crippen molar-refractivity contribution in [2.45, 2.75) is 13.3 Å². The summed E-state index contributed by atoms with van der Waals surface area (Å²) < 4.78 is 0. The van der Waals surface area contributed by atoms with E-state index < -0.39 is 0 Å². The SMILES string of the molecule is C/C(=C\c1ccc(Cl)cc1)C(=O)NCC(=O)N1CCc2ccccc21. The van der Waals surface area contributed by atoms with Crippen molar-refractivity contribution in [3.63, 3.8) is 0 Å². The van der Waals surface area contributed by atoms with Gasteiger partial charge in [0.1, 0.15) is 0 Å². The highest BCUT2D eigenvalue weighted by atomic mass is 35.5. The second-order valence-corrected chi connectivity index (χ2v) is 6.42. The Kier molecular flexibility index (Phi) is 5.19. The lowest BCUT2D eigenvalue weighted by molar-refractivity contribution is -0.122. The van der Waals surface area contributed by atoms with Gasteiger partial charge < -0.3 is 10.2 Å². The largest absolute Gasteiger partial charge is 0.343 e. The Labute approximate surface area is 152 Å². The van der Waals surface area contributed by atoms with E-state index in [4.69, 9.17) is 11.6 Å². The Bertz CT molecular complexity index is 828. The molecular formula is C20H19ClN2O2. The molecular weight excluding hydrogens is 336 g/mol. The molecule has 1 aliphatic rings. The Morgan fingerprint density at radius 2 is 1.88 bits per heavy atom. The quantitative estimate of drug-likeness (QED) is 0.855. The lowest BCUT2D eigenvalue weighted by Crippen LogP contribution is -2.39. The lowest BCUT2D eigenvalue weighted by Gasteiger charge is -2.17. The van der Waals surface area contributed by atoms with Gasteiger partial charge in [-0.2, -0.15) is 0 Å². The van der Waals surface area contributed by atoms with Gasteiger partial charge in [-0.25, -0.2) is 0 Å². The van der Waals surface area contributed by atoms with Crippen LogP contribution in [0.5, 0.6) is 0 Å². The number of rotatable bonds is 4. The van der Waals surface area contributed by atoms with Gasteiger partial charge in [-0.15, -0.1) is 0 Å². The molecule has 25 heavy (non-hydrogen) atoms. The summed E-state index contributed by atoms with van der Waals surface area (Å²) in [5.74, 6) is -0.353. The number of fused-ring (bicyclic) bond motifs is 1. The first-order valence-corrected chi connectivity index (χ1v) is 8.53. The van der Waals surface area contributed by atoms with Gasteiger partial charge in [0.25, 0.3) is 0 Å². The van der Waals surface area contributed by atoms with Crippen LogP contribution in [0.25, 0.3) is 6.08 Å². The van der Waals surface area contributed by atoms with E-state index in [9.17, 15) is 9.59 Å². The predicted octanol–water partition coefficient (Wildman–Crippen LogP) is 3.45. The van der Waals surface area contributed by atoms with Crippen molar-refractivity contribution in [1.82, 2.24) is 5.32 Å². The number of halogens is 1. The maximum absolute atomic E-state index is 12.4. The zero-order chi connectivity index (χ0) is 17.8. The molecule has 128 valence electrons. The summed E-state index contributed by atoms with van der Waals surface area (Å²) in [5.41, 5.74) is 3.53. The van der Waals surface area contributed by atoms with Crippen LogP contribution in [0.15, 0.2) is 54.1 Å². The number of nitrogens with zero attached hydrogens (tertiary/aromatic N) is 1. The second-order valence-electron chi connectivity index (χ2n) is 5.99. The molecule has 1 heterocycles. The fraction of sp³-hybridized carbons (Fsp3) is 0.200. The first-order valence-electron chi connectivity index (χ1n) is 8.15. The minimum absolute atomic E-state index is 0.0149. The summed E-state index contributed by atoms with van der Waals surface area (Å²) in [5, 5.41) is 3.35. The summed E-state index contributed by atoms with van der Waals surface area (Å²) in [6, 6.07) is 15.1. The molecule has 0 atom stereocenters. The number of amides is 2. The lowest BCUT2D eigenvalue weighted by atomic mass is 10.1. The van der Waals surface area contributed by atoms with E-state index in [2.05, 4.69) is 5.32 Å². The van der Waals surface area contributed by atoms with Crippen molar-refractivity contribution >= 4 is 35.2 Å². The molecule has 0 saturated carbocycles. The number of benzene rings is 2. The summed E-state index contributed by atoms with van der Waals surface area (Å²) >= 11 is 5.85. The molecule has 0 aromatic heterocycles. The van der Waals surface area contributed by atoms with Crippen LogP contribution in [0, 0.1) is 0 Å². The first kappa shape index (κ1) is 17.2. The summed E-state index contributed by atoms with van der Waals surface area (Å²) in [6.07, 6.45) is 2.62. The van der Waals surface area contributed by atoms with Crippen LogP contribution in [0.3, 0.4) is 0 Å². The Morgan fingerprint density at radius 3 is 2.64 bits per heavy atom. The van der Waals surface area contributed by atoms with Crippen LogP contribution in [0.4, 0.5) is 5.69 Å². The zero-order valence-corrected chi connectivity index (χ0v) is 14.7. The molecule has 0 bridgehead atoms. The number of anilines is 1. The molecule has 0 fully saturated rings. The van der Waals surface area contributed by atoms with Crippen LogP contribution in [0.2, 0.25) is 5.02 Å². The van der Waals surface area contributed by atoms with Crippen molar-refractivity contribution in [2.24, 2.45) is 0 Å². The fourth-order valence-electron chi connectivity index (χ4n) is 2.86. The molecule has 1 N–H and O–H groups in total. The monoisotopic (exact) mass is 354 g/mol. The predicted molar refractivity (Wildman–Crippen MR) is 101 cm³/mol. The second kappa shape index (κ2) is 7.53. The highest BCUT2D eigenvalue weighted by Crippen LogP contribution is 2.27. The number of para-hydroxylation sites is 1. The van der Waals surface area contributed by atoms with Crippen LogP contribution < -0.4 is 10.2 Å². The Balaban J connectivity index is 1.59. The first-order chi connectivity index (χ1) is 12.0. The minimum Gasteiger partial charge on any atom is -0.343 e. The summed E-state index contributed by atoms with van der Waals surface area (Å²) in [7, 11) is 0. The topological polar surface area (TPSA) is 49.4 Å². The average Bonchev–Trinajstić information content (AvgIpc) is 3.05. The minimum atomic E-state index is -0.254. The Morgan fingerprint density at radius 1 is 1.16 bits per heavy atom. The van der Waals surface area contributed by atoms with E-state index in [1.54, 1.807) is 30.0 Å². The number of hydrogen-bond acceptors (Lipinski definition) is 2. The standard InChI is InChI=1S/C20H19ClN2O2/c1-14(12-15-6-8-17(21)9-7-15)20(25)22-13-19(24)23-11-10-16-4-2-3-5-18(16)23/h2-9,12H,10-11,13H2,1H3,(H,22,25)/b14-12+. The molecule has 0 unspecified atom stereocenters. The third-order valence-electron chi connectivity index (χ3n) is 4.20. The number of carbonyl (C=O) groups is 2. The third kappa shape index (κ3) is 4.09. The van der Waals surface area contributed by atoms with Crippen LogP contribution >= 0.6 is 11.6 Å². The number of carbonyl (C=O) groups excluding carboxylic acids is 2. The summed E-state index contributed by atoms with van der Waals surface area (Å²) in [6.45, 7) is 2.37. The van der Waals surface area contributed by atoms with E-state index >= 15 is 0 Å². The maximum atomic E-state index is 12.4. The smallest absolute Gasteiger partial charge is 0.247 e. The van der Waals surface area contributed by atoms with Crippen molar-refractivity contribution in [3.8, 4) is 0 Å². The van der Waals surface area contributed by atoms with E-state index in [-0.39, 0.29) is 18.4 Å². The molecule has 5 heteroatoms. The molecule has 4 nitrogen and oxygen atoms in total. The molecule has 0 saturated heterocycles. The normalized spacial score (nSPS) is 13.5. The molecule has 2 aromatic carbocycles. The average molecular weight is 355 g/mol. The van der Waals surface area contributed by atoms with Crippen molar-refractivity contribution in [2.75, 3.05) is 18.0 Å². The van der Waals surface area contributed by atoms with Crippen LogP contribution in [-0.2, 0) is 16.0 Å². The zero-order valence-electron chi connectivity index (χ0n) is 14.0. The molecule has 0 spiro atoms. The van der Waals surface area contributed by atoms with Crippen molar-refractivity contribution in [3.05, 3.63) is 70.3 Å². The molecule has 0 radical (unpaired) electrons. The molecule has 0 aliphatic carbocycles. The fourth-order valence-corrected chi connectivity index (χ4v) is 2.99. The van der Waals surface area contributed by atoms with E-state index in [1.165, 1.54) is 5.56 Å². The van der Waals surface area contributed by atoms with Gasteiger partial charge in [-0.05, 0) is 48.7 Å². The third-order valence-corrected chi connectivity index (χ3v) is 4.45. The molecule has 3 rings (SSSR count). The van der Waals surface area contributed by atoms with Gasteiger partial charge in [-0.3, -0.25) is 9.59 Å². The summed E-state index contributed by atoms with van der Waals surface area (Å²) in [4.78, 5) is 26.3. The Hall–Kier alpha value is -2.59. The number of nitrogens with one attached hydrogen (secondary N) is 1. The van der Waals surface area contributed by atoms with E-state index in [0.717, 1.165) is 17.7 Å². The van der Waals surface area contributed by atoms with E-state index in [1.807, 2.05) is 36.4 Å². The van der Waals surface area contributed by atoms with Gasteiger partial charge in [-0.1, -0.05) is 41.9 Å². The van der Waals surface area contributed by atoms with Gasteiger partial charge in [0.05, 0.1) is 6.54 Å². The van der Waals surface area contributed by atoms with Crippen molar-refractivity contribution in [1.29, 1.82) is 0 Å². The van der Waals surface area contributed by atoms with Gasteiger partial charge in [0, 0.05) is 22.8 Å². The highest BCUT2D eigenvalue weighted by Gasteiger charge is 2.24. The van der Waals surface area contributed by atoms with Gasteiger partial charge >= 0.3 is 0 Å². The molecule has 2 aromatic rings. The molecule has 2 amide bonds. The number of hydrogen-bond donors (Lipinski definition) is 1. The van der Waals surface area contributed by atoms with Gasteiger partial charge in [0.2, 0.25) is 11.8 Å².